The highest BCUT2D eigenvalue weighted by molar-refractivity contribution is 5.93. The monoisotopic (exact) mass is 370 g/mol. The molecule has 0 radical (unpaired) electrons. The Bertz CT molecular complexity index is 742. The van der Waals surface area contributed by atoms with Crippen LogP contribution in [0.5, 0.6) is 0 Å². The number of hydrogen-bond donors (Lipinski definition) is 2. The van der Waals surface area contributed by atoms with E-state index in [1.807, 2.05) is 42.5 Å². The van der Waals surface area contributed by atoms with Crippen LogP contribution >= 0.6 is 0 Å². The number of benzene rings is 1. The zero-order chi connectivity index (χ0) is 19.9. The maximum absolute atomic E-state index is 13.3. The van der Waals surface area contributed by atoms with Crippen LogP contribution in [0.3, 0.4) is 0 Å². The SMILES string of the molecule is COC(=O)[C@@H](CC1(C(=O)[C@@H](N)Cc2ccccc2)C=CC=CC1)NC(C)=O. The number of nitrogens with one attached hydrogen (secondary N) is 1. The van der Waals surface area contributed by atoms with Gasteiger partial charge in [-0.25, -0.2) is 4.79 Å². The second kappa shape index (κ2) is 9.28. The molecule has 0 heterocycles. The van der Waals surface area contributed by atoms with E-state index in [9.17, 15) is 14.4 Å². The van der Waals surface area contributed by atoms with E-state index in [2.05, 4.69) is 5.32 Å². The highest BCUT2D eigenvalue weighted by Gasteiger charge is 2.42. The van der Waals surface area contributed by atoms with E-state index in [0.29, 0.717) is 12.8 Å². The number of ketones is 1. The summed E-state index contributed by atoms with van der Waals surface area (Å²) in [4.78, 5) is 36.9. The third-order valence-corrected chi connectivity index (χ3v) is 4.70. The molecule has 0 saturated carbocycles. The molecule has 3 N–H and O–H groups in total. The van der Waals surface area contributed by atoms with Crippen LogP contribution in [0.1, 0.15) is 25.3 Å². The fraction of sp³-hybridized carbons (Fsp3) is 0.381. The topological polar surface area (TPSA) is 98.5 Å². The molecule has 0 saturated heterocycles. The van der Waals surface area contributed by atoms with Crippen LogP contribution in [0.25, 0.3) is 0 Å². The van der Waals surface area contributed by atoms with Crippen LogP contribution in [-0.4, -0.2) is 36.9 Å². The van der Waals surface area contributed by atoms with Gasteiger partial charge in [0.15, 0.2) is 5.78 Å². The molecular weight excluding hydrogens is 344 g/mol. The Balaban J connectivity index is 2.25. The third-order valence-electron chi connectivity index (χ3n) is 4.70. The Morgan fingerprint density at radius 1 is 1.22 bits per heavy atom. The van der Waals surface area contributed by atoms with E-state index in [-0.39, 0.29) is 18.1 Å². The predicted octanol–water partition coefficient (Wildman–Crippen LogP) is 1.70. The minimum atomic E-state index is -0.968. The van der Waals surface area contributed by atoms with Gasteiger partial charge in [0.2, 0.25) is 5.91 Å². The summed E-state index contributed by atoms with van der Waals surface area (Å²) >= 11 is 0. The van der Waals surface area contributed by atoms with Gasteiger partial charge < -0.3 is 15.8 Å². The number of allylic oxidation sites excluding steroid dienone is 4. The van der Waals surface area contributed by atoms with Crippen molar-refractivity contribution in [1.82, 2.24) is 5.32 Å². The standard InChI is InChI=1S/C21H26N2O4/c1-15(24)23-18(20(26)27-2)14-21(11-7-4-8-12-21)19(25)17(22)13-16-9-5-3-6-10-16/h3-11,17-18H,12-14,22H2,1-2H3,(H,23,24)/t17-,18+,21?/m0/s1. The number of nitrogens with two attached hydrogens (primary N) is 1. The number of carbonyl (C=O) groups is 3. The zero-order valence-electron chi connectivity index (χ0n) is 15.7. The lowest BCUT2D eigenvalue weighted by molar-refractivity contribution is -0.146. The van der Waals surface area contributed by atoms with E-state index in [0.717, 1.165) is 5.56 Å². The number of esters is 1. The first kappa shape index (κ1) is 20.6. The molecule has 6 nitrogen and oxygen atoms in total. The fourth-order valence-corrected chi connectivity index (χ4v) is 3.37. The van der Waals surface area contributed by atoms with E-state index >= 15 is 0 Å². The Labute approximate surface area is 159 Å². The minimum absolute atomic E-state index is 0.0986. The molecule has 0 spiro atoms. The lowest BCUT2D eigenvalue weighted by Gasteiger charge is -2.34. The summed E-state index contributed by atoms with van der Waals surface area (Å²) in [6, 6.07) is 7.90. The molecule has 1 aromatic rings. The van der Waals surface area contributed by atoms with E-state index < -0.39 is 23.5 Å². The van der Waals surface area contributed by atoms with E-state index in [1.54, 1.807) is 12.2 Å². The van der Waals surface area contributed by atoms with Gasteiger partial charge in [0.1, 0.15) is 6.04 Å². The predicted molar refractivity (Wildman–Crippen MR) is 103 cm³/mol. The summed E-state index contributed by atoms with van der Waals surface area (Å²) in [6.07, 6.45) is 8.19. The number of ether oxygens (including phenoxy) is 1. The van der Waals surface area contributed by atoms with Gasteiger partial charge in [-0.15, -0.1) is 0 Å². The van der Waals surface area contributed by atoms with Crippen molar-refractivity contribution in [3.05, 3.63) is 60.2 Å². The van der Waals surface area contributed by atoms with E-state index in [1.165, 1.54) is 14.0 Å². The summed E-state index contributed by atoms with van der Waals surface area (Å²) in [7, 11) is 1.25. The fourth-order valence-electron chi connectivity index (χ4n) is 3.37. The normalized spacial score (nSPS) is 20.6. The molecule has 0 fully saturated rings. The van der Waals surface area contributed by atoms with Crippen molar-refractivity contribution in [1.29, 1.82) is 0 Å². The lowest BCUT2D eigenvalue weighted by Crippen LogP contribution is -2.50. The van der Waals surface area contributed by atoms with Crippen molar-refractivity contribution in [2.45, 2.75) is 38.3 Å². The van der Waals surface area contributed by atoms with Crippen molar-refractivity contribution in [2.75, 3.05) is 7.11 Å². The minimum Gasteiger partial charge on any atom is -0.467 e. The third kappa shape index (κ3) is 5.37. The van der Waals surface area contributed by atoms with Gasteiger partial charge in [-0.05, 0) is 24.8 Å². The van der Waals surface area contributed by atoms with Gasteiger partial charge in [-0.3, -0.25) is 9.59 Å². The molecule has 0 aliphatic heterocycles. The summed E-state index contributed by atoms with van der Waals surface area (Å²) in [5.74, 6) is -1.11. The number of carbonyl (C=O) groups excluding carboxylic acids is 3. The second-order valence-corrected chi connectivity index (χ2v) is 6.79. The molecule has 6 heteroatoms. The summed E-state index contributed by atoms with van der Waals surface area (Å²) in [5.41, 5.74) is 6.24. The summed E-state index contributed by atoms with van der Waals surface area (Å²) in [6.45, 7) is 1.32. The van der Waals surface area contributed by atoms with Crippen LogP contribution in [0.4, 0.5) is 0 Å². The Morgan fingerprint density at radius 3 is 2.48 bits per heavy atom. The molecule has 27 heavy (non-hydrogen) atoms. The quantitative estimate of drug-likeness (QED) is 0.679. The van der Waals surface area contributed by atoms with Crippen LogP contribution in [0.2, 0.25) is 0 Å². The maximum atomic E-state index is 13.3. The van der Waals surface area contributed by atoms with Crippen molar-refractivity contribution >= 4 is 17.7 Å². The molecule has 144 valence electrons. The number of rotatable bonds is 8. The molecule has 1 aromatic carbocycles. The smallest absolute Gasteiger partial charge is 0.328 e. The van der Waals surface area contributed by atoms with E-state index in [4.69, 9.17) is 10.5 Å². The first-order chi connectivity index (χ1) is 12.9. The van der Waals surface area contributed by atoms with Gasteiger partial charge in [-0.1, -0.05) is 54.6 Å². The molecular formula is C21H26N2O4. The second-order valence-electron chi connectivity index (χ2n) is 6.79. The number of amides is 1. The van der Waals surface area contributed by atoms with Gasteiger partial charge in [-0.2, -0.15) is 0 Å². The average Bonchev–Trinajstić information content (AvgIpc) is 2.67. The van der Waals surface area contributed by atoms with Crippen LogP contribution in [-0.2, 0) is 25.5 Å². The van der Waals surface area contributed by atoms with Crippen LogP contribution in [0, 0.1) is 5.41 Å². The van der Waals surface area contributed by atoms with Gasteiger partial charge in [0, 0.05) is 6.92 Å². The number of methoxy groups -OCH3 is 1. The Morgan fingerprint density at radius 2 is 1.93 bits per heavy atom. The molecule has 3 atom stereocenters. The Kier molecular flexibility index (Phi) is 7.07. The van der Waals surface area contributed by atoms with Crippen LogP contribution < -0.4 is 11.1 Å². The highest BCUT2D eigenvalue weighted by atomic mass is 16.5. The van der Waals surface area contributed by atoms with Crippen molar-refractivity contribution < 1.29 is 19.1 Å². The first-order valence-electron chi connectivity index (χ1n) is 8.91. The molecule has 2 rings (SSSR count). The molecule has 1 amide bonds. The highest BCUT2D eigenvalue weighted by Crippen LogP contribution is 2.36. The van der Waals surface area contributed by atoms with Crippen molar-refractivity contribution in [2.24, 2.45) is 11.1 Å². The maximum Gasteiger partial charge on any atom is 0.328 e. The summed E-state index contributed by atoms with van der Waals surface area (Å²) < 4.78 is 4.80. The molecule has 1 unspecified atom stereocenters. The van der Waals surface area contributed by atoms with Gasteiger partial charge in [0.05, 0.1) is 18.6 Å². The van der Waals surface area contributed by atoms with Gasteiger partial charge in [0.25, 0.3) is 0 Å². The average molecular weight is 370 g/mol. The zero-order valence-corrected chi connectivity index (χ0v) is 15.7. The molecule has 0 aromatic heterocycles. The van der Waals surface area contributed by atoms with Gasteiger partial charge >= 0.3 is 5.97 Å². The number of hydrogen-bond acceptors (Lipinski definition) is 5. The van der Waals surface area contributed by atoms with Crippen LogP contribution in [0.15, 0.2) is 54.6 Å². The lowest BCUT2D eigenvalue weighted by atomic mass is 9.70. The van der Waals surface area contributed by atoms with Crippen molar-refractivity contribution in [3.8, 4) is 0 Å². The summed E-state index contributed by atoms with van der Waals surface area (Å²) in [5, 5.41) is 2.58. The Hall–Kier alpha value is -2.73. The molecule has 0 bridgehead atoms. The van der Waals surface area contributed by atoms with Crippen molar-refractivity contribution in [3.63, 3.8) is 0 Å². The molecule has 1 aliphatic carbocycles. The number of Topliss-reactive ketones (excluding diaryl/α,β-unsaturated/α-hetero) is 1. The first-order valence-corrected chi connectivity index (χ1v) is 8.91. The largest absolute Gasteiger partial charge is 0.467 e. The molecule has 1 aliphatic rings.